The van der Waals surface area contributed by atoms with Crippen LogP contribution in [-0.4, -0.2) is 58.8 Å². The zero-order valence-electron chi connectivity index (χ0n) is 20.5. The number of benzene rings is 1. The summed E-state index contributed by atoms with van der Waals surface area (Å²) in [6.45, 7) is 11.1. The lowest BCUT2D eigenvalue weighted by atomic mass is 9.93. The third-order valence-corrected chi connectivity index (χ3v) is 8.55. The fourth-order valence-electron chi connectivity index (χ4n) is 4.18. The molecule has 1 N–H and O–H groups in total. The highest BCUT2D eigenvalue weighted by atomic mass is 35.5. The average Bonchev–Trinajstić information content (AvgIpc) is 3.16. The van der Waals surface area contributed by atoms with E-state index >= 15 is 0 Å². The summed E-state index contributed by atoms with van der Waals surface area (Å²) in [6, 6.07) is 12.6. The van der Waals surface area contributed by atoms with Crippen molar-refractivity contribution in [3.05, 3.63) is 53.2 Å². The molecule has 0 atom stereocenters. The van der Waals surface area contributed by atoms with Gasteiger partial charge in [-0.25, -0.2) is 4.98 Å². The minimum absolute atomic E-state index is 0.00184. The van der Waals surface area contributed by atoms with Crippen LogP contribution in [-0.2, 0) is 11.5 Å². The molecule has 0 radical (unpaired) electrons. The highest BCUT2D eigenvalue weighted by Crippen LogP contribution is 2.32. The summed E-state index contributed by atoms with van der Waals surface area (Å²) in [5.41, 5.74) is 2.68. The van der Waals surface area contributed by atoms with Gasteiger partial charge in [-0.15, -0.1) is 0 Å². The van der Waals surface area contributed by atoms with Crippen LogP contribution in [0.4, 0.5) is 0 Å². The van der Waals surface area contributed by atoms with Crippen molar-refractivity contribution in [1.82, 2.24) is 14.5 Å². The van der Waals surface area contributed by atoms with Gasteiger partial charge in [0.05, 0.1) is 16.3 Å². The second-order valence-electron chi connectivity index (χ2n) is 10.7. The molecule has 182 valence electrons. The van der Waals surface area contributed by atoms with Crippen LogP contribution in [0.15, 0.2) is 42.6 Å². The van der Waals surface area contributed by atoms with Crippen LogP contribution in [0.3, 0.4) is 0 Å². The summed E-state index contributed by atoms with van der Waals surface area (Å²) >= 11 is 6.47. The maximum absolute atomic E-state index is 13.0. The SMILES string of the molecule is CC1(O)CCN(C(=O)c2ccc(-c3cc4c(Cl)ccnc4n3COCC[Si](C)(C)C)cc2)CC1. The van der Waals surface area contributed by atoms with Gasteiger partial charge in [0.1, 0.15) is 12.4 Å². The molecule has 1 fully saturated rings. The van der Waals surface area contributed by atoms with Crippen molar-refractivity contribution in [3.8, 4) is 11.3 Å². The van der Waals surface area contributed by atoms with Gasteiger partial charge < -0.3 is 19.3 Å². The Morgan fingerprint density at radius 1 is 1.18 bits per heavy atom. The Balaban J connectivity index is 1.56. The smallest absolute Gasteiger partial charge is 0.253 e. The minimum Gasteiger partial charge on any atom is -0.390 e. The summed E-state index contributed by atoms with van der Waals surface area (Å²) in [6.07, 6.45) is 2.91. The van der Waals surface area contributed by atoms with Crippen molar-refractivity contribution in [3.63, 3.8) is 0 Å². The first kappa shape index (κ1) is 24.9. The van der Waals surface area contributed by atoms with Crippen molar-refractivity contribution < 1.29 is 14.6 Å². The van der Waals surface area contributed by atoms with Gasteiger partial charge in [0.25, 0.3) is 5.91 Å². The van der Waals surface area contributed by atoms with Crippen LogP contribution in [0, 0.1) is 0 Å². The fourth-order valence-corrected chi connectivity index (χ4v) is 5.13. The summed E-state index contributed by atoms with van der Waals surface area (Å²) in [5, 5.41) is 11.7. The number of hydrogen-bond acceptors (Lipinski definition) is 4. The van der Waals surface area contributed by atoms with E-state index in [4.69, 9.17) is 16.3 Å². The van der Waals surface area contributed by atoms with Crippen molar-refractivity contribution >= 4 is 36.6 Å². The summed E-state index contributed by atoms with van der Waals surface area (Å²) in [7, 11) is -1.18. The second kappa shape index (κ2) is 9.82. The molecule has 3 heterocycles. The molecule has 1 aliphatic heterocycles. The molecular weight excluding hydrogens is 466 g/mol. The fraction of sp³-hybridized carbons (Fsp3) is 0.462. The molecule has 2 aromatic heterocycles. The van der Waals surface area contributed by atoms with E-state index in [1.165, 1.54) is 0 Å². The molecule has 6 nitrogen and oxygen atoms in total. The van der Waals surface area contributed by atoms with Gasteiger partial charge in [-0.2, -0.15) is 0 Å². The Labute approximate surface area is 207 Å². The monoisotopic (exact) mass is 499 g/mol. The molecule has 8 heteroatoms. The first-order valence-corrected chi connectivity index (χ1v) is 16.0. The van der Waals surface area contributed by atoms with Crippen LogP contribution in [0.1, 0.15) is 30.1 Å². The number of carbonyl (C=O) groups is 1. The molecule has 1 aliphatic rings. The van der Waals surface area contributed by atoms with Gasteiger partial charge >= 0.3 is 0 Å². The van der Waals surface area contributed by atoms with Crippen molar-refractivity contribution in [2.75, 3.05) is 19.7 Å². The molecule has 4 rings (SSSR count). The number of aromatic nitrogens is 2. The first-order valence-electron chi connectivity index (χ1n) is 11.9. The van der Waals surface area contributed by atoms with E-state index in [-0.39, 0.29) is 5.91 Å². The number of nitrogens with zero attached hydrogens (tertiary/aromatic N) is 3. The Morgan fingerprint density at radius 3 is 2.50 bits per heavy atom. The zero-order chi connectivity index (χ0) is 24.5. The molecular formula is C26H34ClN3O3Si. The maximum Gasteiger partial charge on any atom is 0.253 e. The number of hydrogen-bond donors (Lipinski definition) is 1. The lowest BCUT2D eigenvalue weighted by molar-refractivity contribution is -0.00202. The summed E-state index contributed by atoms with van der Waals surface area (Å²) in [4.78, 5) is 19.3. The normalized spacial score (nSPS) is 16.2. The quantitative estimate of drug-likeness (QED) is 0.336. The van der Waals surface area contributed by atoms with Crippen molar-refractivity contribution in [1.29, 1.82) is 0 Å². The lowest BCUT2D eigenvalue weighted by Crippen LogP contribution is -2.45. The van der Waals surface area contributed by atoms with Crippen LogP contribution in [0.5, 0.6) is 0 Å². The lowest BCUT2D eigenvalue weighted by Gasteiger charge is -2.35. The predicted molar refractivity (Wildman–Crippen MR) is 140 cm³/mol. The third kappa shape index (κ3) is 5.71. The van der Waals surface area contributed by atoms with Gasteiger partial charge in [0.2, 0.25) is 0 Å². The standard InChI is InChI=1S/C26H34ClN3O3Si/c1-26(32)10-13-29(14-11-26)25(31)20-7-5-19(6-8-20)23-17-21-22(27)9-12-28-24(21)30(23)18-33-15-16-34(2,3)4/h5-9,12,17,32H,10-11,13-16,18H2,1-4H3. The van der Waals surface area contributed by atoms with Crippen LogP contribution in [0.25, 0.3) is 22.3 Å². The molecule has 1 saturated heterocycles. The third-order valence-electron chi connectivity index (χ3n) is 6.52. The minimum atomic E-state index is -1.18. The van der Waals surface area contributed by atoms with E-state index in [0.717, 1.165) is 28.3 Å². The largest absolute Gasteiger partial charge is 0.390 e. The first-order chi connectivity index (χ1) is 16.0. The molecule has 0 unspecified atom stereocenters. The Kier molecular flexibility index (Phi) is 7.19. The van der Waals surface area contributed by atoms with Crippen molar-refractivity contribution in [2.45, 2.75) is 57.8 Å². The van der Waals surface area contributed by atoms with E-state index in [0.29, 0.717) is 49.9 Å². The van der Waals surface area contributed by atoms with Gasteiger partial charge in [-0.3, -0.25) is 4.79 Å². The number of carbonyl (C=O) groups excluding carboxylic acids is 1. The molecule has 0 spiro atoms. The number of likely N-dealkylation sites (tertiary alicyclic amines) is 1. The summed E-state index contributed by atoms with van der Waals surface area (Å²) < 4.78 is 8.11. The number of halogens is 1. The van der Waals surface area contributed by atoms with Crippen molar-refractivity contribution in [2.24, 2.45) is 0 Å². The van der Waals surface area contributed by atoms with Crippen LogP contribution >= 0.6 is 11.6 Å². The maximum atomic E-state index is 13.0. The number of rotatable bonds is 7. The molecule has 0 saturated carbocycles. The van der Waals surface area contributed by atoms with E-state index in [1.54, 1.807) is 12.3 Å². The number of fused-ring (bicyclic) bond motifs is 1. The number of piperidine rings is 1. The van der Waals surface area contributed by atoms with Crippen LogP contribution < -0.4 is 0 Å². The van der Waals surface area contributed by atoms with E-state index < -0.39 is 13.7 Å². The second-order valence-corrected chi connectivity index (χ2v) is 16.7. The Bertz CT molecular complexity index is 1160. The van der Waals surface area contributed by atoms with Crippen LogP contribution in [0.2, 0.25) is 30.7 Å². The Morgan fingerprint density at radius 2 is 1.85 bits per heavy atom. The molecule has 34 heavy (non-hydrogen) atoms. The molecule has 0 bridgehead atoms. The highest BCUT2D eigenvalue weighted by Gasteiger charge is 2.30. The van der Waals surface area contributed by atoms with E-state index in [2.05, 4.69) is 29.2 Å². The van der Waals surface area contributed by atoms with Gasteiger partial charge in [0, 0.05) is 44.9 Å². The Hall–Kier alpha value is -2.19. The highest BCUT2D eigenvalue weighted by molar-refractivity contribution is 6.76. The van der Waals surface area contributed by atoms with E-state index in [9.17, 15) is 9.90 Å². The zero-order valence-corrected chi connectivity index (χ0v) is 22.2. The average molecular weight is 500 g/mol. The number of aliphatic hydroxyl groups is 1. The number of amides is 1. The summed E-state index contributed by atoms with van der Waals surface area (Å²) in [5.74, 6) is 0.00184. The van der Waals surface area contributed by atoms with Gasteiger partial charge in [-0.1, -0.05) is 43.4 Å². The number of ether oxygens (including phenoxy) is 1. The predicted octanol–water partition coefficient (Wildman–Crippen LogP) is 5.66. The molecule has 3 aromatic rings. The molecule has 1 aromatic carbocycles. The van der Waals surface area contributed by atoms with Gasteiger partial charge in [0.15, 0.2) is 0 Å². The van der Waals surface area contributed by atoms with Gasteiger partial charge in [-0.05, 0) is 55.6 Å². The molecule has 0 aliphatic carbocycles. The number of pyridine rings is 1. The van der Waals surface area contributed by atoms with E-state index in [1.807, 2.05) is 42.2 Å². The topological polar surface area (TPSA) is 67.6 Å². The molecule has 1 amide bonds.